The Balaban J connectivity index is 1.68. The van der Waals surface area contributed by atoms with Crippen LogP contribution in [0.1, 0.15) is 16.1 Å². The van der Waals surface area contributed by atoms with Crippen molar-refractivity contribution in [2.24, 2.45) is 0 Å². The molecule has 3 aromatic carbocycles. The summed E-state index contributed by atoms with van der Waals surface area (Å²) in [5, 5.41) is 0.250. The molecule has 0 aliphatic rings. The van der Waals surface area contributed by atoms with E-state index >= 15 is 0 Å². The summed E-state index contributed by atoms with van der Waals surface area (Å²) in [5.41, 5.74) is -1.38. The Bertz CT molecular complexity index is 1410. The van der Waals surface area contributed by atoms with Gasteiger partial charge in [-0.3, -0.25) is 9.59 Å². The first-order chi connectivity index (χ1) is 16.2. The van der Waals surface area contributed by atoms with Crippen molar-refractivity contribution < 1.29 is 31.9 Å². The average molecular weight is 489 g/mol. The summed E-state index contributed by atoms with van der Waals surface area (Å²) in [6, 6.07) is 15.6. The maximum absolute atomic E-state index is 13.8. The third-order valence-electron chi connectivity index (χ3n) is 5.04. The standard InChI is InChI=1S/C25H16ClF3O5/c1-32-17-8-4-14(5-9-17)20(30)13-33-18-10-11-19-21(12-18)34-24(25(27,28)29)22(23(19)31)15-2-6-16(26)7-3-15/h2-12H,13H2,1H3. The maximum atomic E-state index is 13.8. The van der Waals surface area contributed by atoms with Gasteiger partial charge in [0.05, 0.1) is 18.1 Å². The zero-order valence-corrected chi connectivity index (χ0v) is 18.4. The van der Waals surface area contributed by atoms with E-state index in [1.807, 2.05) is 0 Å². The summed E-state index contributed by atoms with van der Waals surface area (Å²) < 4.78 is 56.9. The Kier molecular flexibility index (Phi) is 6.34. The average Bonchev–Trinajstić information content (AvgIpc) is 2.82. The fraction of sp³-hybridized carbons (Fsp3) is 0.120. The predicted molar refractivity (Wildman–Crippen MR) is 121 cm³/mol. The molecule has 34 heavy (non-hydrogen) atoms. The molecule has 0 amide bonds. The monoisotopic (exact) mass is 488 g/mol. The van der Waals surface area contributed by atoms with E-state index in [1.165, 1.54) is 43.5 Å². The lowest BCUT2D eigenvalue weighted by atomic mass is 10.0. The van der Waals surface area contributed by atoms with Gasteiger partial charge in [-0.25, -0.2) is 0 Å². The molecule has 0 bridgehead atoms. The zero-order valence-electron chi connectivity index (χ0n) is 17.6. The van der Waals surface area contributed by atoms with Crippen LogP contribution in [-0.4, -0.2) is 19.5 Å². The summed E-state index contributed by atoms with van der Waals surface area (Å²) in [6.07, 6.45) is -4.93. The summed E-state index contributed by atoms with van der Waals surface area (Å²) >= 11 is 5.82. The van der Waals surface area contributed by atoms with Crippen molar-refractivity contribution in [3.63, 3.8) is 0 Å². The second kappa shape index (κ2) is 9.23. The fourth-order valence-corrected chi connectivity index (χ4v) is 3.48. The number of Topliss-reactive ketones (excluding diaryl/α,β-unsaturated/α-hetero) is 1. The van der Waals surface area contributed by atoms with Crippen molar-refractivity contribution in [2.75, 3.05) is 13.7 Å². The van der Waals surface area contributed by atoms with Crippen LogP contribution in [-0.2, 0) is 6.18 Å². The van der Waals surface area contributed by atoms with E-state index in [-0.39, 0.29) is 34.7 Å². The summed E-state index contributed by atoms with van der Waals surface area (Å²) in [5.74, 6) is -1.12. The Hall–Kier alpha value is -3.78. The van der Waals surface area contributed by atoms with Gasteiger partial charge < -0.3 is 13.9 Å². The van der Waals surface area contributed by atoms with Gasteiger partial charge in [0.2, 0.25) is 11.2 Å². The van der Waals surface area contributed by atoms with Crippen LogP contribution in [0.3, 0.4) is 0 Å². The third-order valence-corrected chi connectivity index (χ3v) is 5.29. The van der Waals surface area contributed by atoms with E-state index in [0.29, 0.717) is 16.3 Å². The maximum Gasteiger partial charge on any atom is 0.450 e. The Morgan fingerprint density at radius 1 is 0.971 bits per heavy atom. The highest BCUT2D eigenvalue weighted by molar-refractivity contribution is 6.30. The van der Waals surface area contributed by atoms with Crippen molar-refractivity contribution in [1.82, 2.24) is 0 Å². The lowest BCUT2D eigenvalue weighted by Crippen LogP contribution is -2.16. The number of alkyl halides is 3. The number of halogens is 4. The lowest BCUT2D eigenvalue weighted by Gasteiger charge is -2.13. The quantitative estimate of drug-likeness (QED) is 0.294. The molecular formula is C25H16ClF3O5. The predicted octanol–water partition coefficient (Wildman–Crippen LogP) is 6.40. The van der Waals surface area contributed by atoms with Crippen molar-refractivity contribution >= 4 is 28.4 Å². The van der Waals surface area contributed by atoms with E-state index in [0.717, 1.165) is 6.07 Å². The van der Waals surface area contributed by atoms with Crippen molar-refractivity contribution in [3.8, 4) is 22.6 Å². The van der Waals surface area contributed by atoms with Crippen LogP contribution >= 0.6 is 11.6 Å². The molecule has 0 radical (unpaired) electrons. The fourth-order valence-electron chi connectivity index (χ4n) is 3.35. The molecule has 5 nitrogen and oxygen atoms in total. The van der Waals surface area contributed by atoms with Gasteiger partial charge in [-0.15, -0.1) is 0 Å². The molecule has 4 aromatic rings. The highest BCUT2D eigenvalue weighted by atomic mass is 35.5. The van der Waals surface area contributed by atoms with Crippen molar-refractivity contribution in [2.45, 2.75) is 6.18 Å². The molecular weight excluding hydrogens is 473 g/mol. The number of rotatable bonds is 6. The number of methoxy groups -OCH3 is 1. The van der Waals surface area contributed by atoms with Crippen LogP contribution in [0.2, 0.25) is 5.02 Å². The minimum atomic E-state index is -4.93. The smallest absolute Gasteiger partial charge is 0.450 e. The zero-order chi connectivity index (χ0) is 24.5. The molecule has 0 fully saturated rings. The molecule has 0 atom stereocenters. The van der Waals surface area contributed by atoms with Crippen LogP contribution in [0.5, 0.6) is 11.5 Å². The van der Waals surface area contributed by atoms with Gasteiger partial charge in [0.15, 0.2) is 12.4 Å². The topological polar surface area (TPSA) is 65.7 Å². The number of hydrogen-bond donors (Lipinski definition) is 0. The first-order valence-electron chi connectivity index (χ1n) is 9.91. The number of ketones is 1. The van der Waals surface area contributed by atoms with Gasteiger partial charge in [-0.05, 0) is 54.1 Å². The van der Waals surface area contributed by atoms with E-state index in [4.69, 9.17) is 25.5 Å². The normalized spacial score (nSPS) is 11.4. The number of hydrogen-bond acceptors (Lipinski definition) is 5. The highest BCUT2D eigenvalue weighted by Crippen LogP contribution is 2.38. The Labute approximate surface area is 196 Å². The van der Waals surface area contributed by atoms with Gasteiger partial charge in [0, 0.05) is 16.7 Å². The van der Waals surface area contributed by atoms with E-state index in [2.05, 4.69) is 0 Å². The second-order valence-electron chi connectivity index (χ2n) is 7.24. The van der Waals surface area contributed by atoms with E-state index < -0.39 is 22.9 Å². The minimum Gasteiger partial charge on any atom is -0.497 e. The first-order valence-corrected chi connectivity index (χ1v) is 10.3. The van der Waals surface area contributed by atoms with Gasteiger partial charge >= 0.3 is 6.18 Å². The molecule has 0 aliphatic heterocycles. The summed E-state index contributed by atoms with van der Waals surface area (Å²) in [4.78, 5) is 25.3. The van der Waals surface area contributed by atoms with Gasteiger partial charge in [0.1, 0.15) is 17.1 Å². The highest BCUT2D eigenvalue weighted by Gasteiger charge is 2.39. The lowest BCUT2D eigenvalue weighted by molar-refractivity contribution is -0.152. The molecule has 0 saturated carbocycles. The number of carbonyl (C=O) groups is 1. The van der Waals surface area contributed by atoms with Gasteiger partial charge in [-0.2, -0.15) is 13.2 Å². The largest absolute Gasteiger partial charge is 0.497 e. The third kappa shape index (κ3) is 4.77. The van der Waals surface area contributed by atoms with Crippen molar-refractivity contribution in [3.05, 3.63) is 93.3 Å². The second-order valence-corrected chi connectivity index (χ2v) is 7.67. The van der Waals surface area contributed by atoms with Gasteiger partial charge in [-0.1, -0.05) is 23.7 Å². The molecule has 4 rings (SSSR count). The van der Waals surface area contributed by atoms with Crippen LogP contribution in [0.25, 0.3) is 22.1 Å². The van der Waals surface area contributed by atoms with Crippen LogP contribution < -0.4 is 14.9 Å². The SMILES string of the molecule is COc1ccc(C(=O)COc2ccc3c(=O)c(-c4ccc(Cl)cc4)c(C(F)(F)F)oc3c2)cc1. The molecule has 0 unspecified atom stereocenters. The minimum absolute atomic E-state index is 0.0257. The molecule has 0 saturated heterocycles. The van der Waals surface area contributed by atoms with Gasteiger partial charge in [0.25, 0.3) is 0 Å². The van der Waals surface area contributed by atoms with Crippen LogP contribution in [0.15, 0.2) is 75.9 Å². The molecule has 0 N–H and O–H groups in total. The summed E-state index contributed by atoms with van der Waals surface area (Å²) in [6.45, 7) is -0.364. The number of fused-ring (bicyclic) bond motifs is 1. The Morgan fingerprint density at radius 2 is 1.62 bits per heavy atom. The number of benzene rings is 3. The molecule has 0 spiro atoms. The molecule has 174 valence electrons. The first kappa shape index (κ1) is 23.4. The molecule has 9 heteroatoms. The molecule has 1 heterocycles. The van der Waals surface area contributed by atoms with Crippen molar-refractivity contribution in [1.29, 1.82) is 0 Å². The van der Waals surface area contributed by atoms with E-state index in [9.17, 15) is 22.8 Å². The summed E-state index contributed by atoms with van der Waals surface area (Å²) in [7, 11) is 1.50. The van der Waals surface area contributed by atoms with E-state index in [1.54, 1.807) is 24.3 Å². The Morgan fingerprint density at radius 3 is 2.24 bits per heavy atom. The number of ether oxygens (including phenoxy) is 2. The molecule has 0 aliphatic carbocycles. The number of carbonyl (C=O) groups excluding carboxylic acids is 1. The van der Waals surface area contributed by atoms with Crippen LogP contribution in [0, 0.1) is 0 Å². The van der Waals surface area contributed by atoms with Crippen LogP contribution in [0.4, 0.5) is 13.2 Å². The molecule has 1 aromatic heterocycles.